The SMILES string of the molecule is O=S(=O)(N=Cc1cccc(F)c1)c1ccc(F)cc1. The maximum Gasteiger partial charge on any atom is 0.282 e. The summed E-state index contributed by atoms with van der Waals surface area (Å²) in [5.41, 5.74) is 0.325. The van der Waals surface area contributed by atoms with E-state index >= 15 is 0 Å². The van der Waals surface area contributed by atoms with E-state index in [1.165, 1.54) is 18.2 Å². The topological polar surface area (TPSA) is 46.5 Å². The van der Waals surface area contributed by atoms with Crippen molar-refractivity contribution in [1.29, 1.82) is 0 Å². The fourth-order valence-electron chi connectivity index (χ4n) is 1.38. The quantitative estimate of drug-likeness (QED) is 0.812. The predicted octanol–water partition coefficient (Wildman–Crippen LogP) is 2.77. The summed E-state index contributed by atoms with van der Waals surface area (Å²) in [6.45, 7) is 0. The minimum atomic E-state index is -3.91. The van der Waals surface area contributed by atoms with Gasteiger partial charge in [-0.05, 0) is 42.0 Å². The molecule has 0 bridgehead atoms. The van der Waals surface area contributed by atoms with Crippen LogP contribution in [0.4, 0.5) is 8.78 Å². The minimum absolute atomic E-state index is 0.124. The van der Waals surface area contributed by atoms with Crippen LogP contribution < -0.4 is 0 Å². The molecule has 0 aromatic heterocycles. The summed E-state index contributed by atoms with van der Waals surface area (Å²) in [5, 5.41) is 0. The van der Waals surface area contributed by atoms with Crippen molar-refractivity contribution in [3.05, 3.63) is 65.7 Å². The second-order valence-electron chi connectivity index (χ2n) is 3.72. The maximum atomic E-state index is 12.9. The molecule has 98 valence electrons. The van der Waals surface area contributed by atoms with Crippen LogP contribution >= 0.6 is 0 Å². The van der Waals surface area contributed by atoms with Gasteiger partial charge in [0.25, 0.3) is 10.0 Å². The van der Waals surface area contributed by atoms with E-state index in [0.717, 1.165) is 36.5 Å². The molecule has 0 aliphatic heterocycles. The van der Waals surface area contributed by atoms with Gasteiger partial charge in [-0.25, -0.2) is 8.78 Å². The third-order valence-electron chi connectivity index (χ3n) is 2.30. The molecule has 0 amide bonds. The van der Waals surface area contributed by atoms with E-state index in [1.54, 1.807) is 0 Å². The van der Waals surface area contributed by atoms with E-state index in [1.807, 2.05) is 0 Å². The van der Waals surface area contributed by atoms with Crippen molar-refractivity contribution in [3.8, 4) is 0 Å². The first-order valence-corrected chi connectivity index (χ1v) is 6.73. The molecule has 6 heteroatoms. The smallest absolute Gasteiger partial charge is 0.207 e. The molecule has 0 heterocycles. The normalized spacial score (nSPS) is 11.9. The Hall–Kier alpha value is -2.08. The molecule has 2 aromatic carbocycles. The second-order valence-corrected chi connectivity index (χ2v) is 5.35. The number of hydrogen-bond acceptors (Lipinski definition) is 2. The zero-order valence-electron chi connectivity index (χ0n) is 9.62. The first-order valence-electron chi connectivity index (χ1n) is 5.29. The van der Waals surface area contributed by atoms with Gasteiger partial charge < -0.3 is 0 Å². The zero-order chi connectivity index (χ0) is 13.9. The van der Waals surface area contributed by atoms with Crippen molar-refractivity contribution in [2.45, 2.75) is 4.90 Å². The number of halogens is 2. The van der Waals surface area contributed by atoms with Crippen molar-refractivity contribution in [2.75, 3.05) is 0 Å². The summed E-state index contributed by atoms with van der Waals surface area (Å²) in [5.74, 6) is -1.02. The Kier molecular flexibility index (Phi) is 3.71. The molecule has 19 heavy (non-hydrogen) atoms. The number of benzene rings is 2. The fraction of sp³-hybridized carbons (Fsp3) is 0. The van der Waals surface area contributed by atoms with Gasteiger partial charge in [0.05, 0.1) is 4.90 Å². The van der Waals surface area contributed by atoms with Gasteiger partial charge in [-0.1, -0.05) is 12.1 Å². The van der Waals surface area contributed by atoms with E-state index in [2.05, 4.69) is 4.40 Å². The van der Waals surface area contributed by atoms with Gasteiger partial charge in [0.2, 0.25) is 0 Å². The van der Waals surface area contributed by atoms with Gasteiger partial charge in [-0.15, -0.1) is 0 Å². The van der Waals surface area contributed by atoms with Crippen LogP contribution in [0, 0.1) is 11.6 Å². The molecule has 0 N–H and O–H groups in total. The highest BCUT2D eigenvalue weighted by molar-refractivity contribution is 7.90. The highest BCUT2D eigenvalue weighted by atomic mass is 32.2. The van der Waals surface area contributed by atoms with E-state index in [4.69, 9.17) is 0 Å². The Bertz CT molecular complexity index is 710. The summed E-state index contributed by atoms with van der Waals surface area (Å²) in [6.07, 6.45) is 1.04. The van der Waals surface area contributed by atoms with Crippen molar-refractivity contribution in [1.82, 2.24) is 0 Å². The number of nitrogens with zero attached hydrogens (tertiary/aromatic N) is 1. The molecule has 0 saturated heterocycles. The molecular formula is C13H9F2NO2S. The van der Waals surface area contributed by atoms with Crippen LogP contribution in [0.15, 0.2) is 57.8 Å². The number of sulfonamides is 1. The van der Waals surface area contributed by atoms with Gasteiger partial charge in [-0.2, -0.15) is 12.8 Å². The third-order valence-corrected chi connectivity index (χ3v) is 3.55. The highest BCUT2D eigenvalue weighted by Gasteiger charge is 2.11. The molecule has 3 nitrogen and oxygen atoms in total. The van der Waals surface area contributed by atoms with Crippen LogP contribution in [0.5, 0.6) is 0 Å². The monoisotopic (exact) mass is 281 g/mol. The van der Waals surface area contributed by atoms with Crippen molar-refractivity contribution < 1.29 is 17.2 Å². The highest BCUT2D eigenvalue weighted by Crippen LogP contribution is 2.13. The van der Waals surface area contributed by atoms with Crippen molar-refractivity contribution in [3.63, 3.8) is 0 Å². The molecular weight excluding hydrogens is 272 g/mol. The lowest BCUT2D eigenvalue weighted by Crippen LogP contribution is -1.98. The predicted molar refractivity (Wildman–Crippen MR) is 67.6 cm³/mol. The summed E-state index contributed by atoms with van der Waals surface area (Å²) in [4.78, 5) is -0.124. The lowest BCUT2D eigenvalue weighted by molar-refractivity contribution is 0.596. The largest absolute Gasteiger partial charge is 0.282 e. The average molecular weight is 281 g/mol. The Balaban J connectivity index is 2.29. The first kappa shape index (κ1) is 13.4. The van der Waals surface area contributed by atoms with Crippen LogP contribution in [0.3, 0.4) is 0 Å². The van der Waals surface area contributed by atoms with Crippen molar-refractivity contribution in [2.24, 2.45) is 4.40 Å². The first-order chi connectivity index (χ1) is 8.97. The lowest BCUT2D eigenvalue weighted by atomic mass is 10.2. The number of hydrogen-bond donors (Lipinski definition) is 0. The number of rotatable bonds is 3. The third kappa shape index (κ3) is 3.45. The summed E-state index contributed by atoms with van der Waals surface area (Å²) in [7, 11) is -3.91. The van der Waals surface area contributed by atoms with Crippen LogP contribution in [0.2, 0.25) is 0 Å². The van der Waals surface area contributed by atoms with E-state index in [0.29, 0.717) is 5.56 Å². The summed E-state index contributed by atoms with van der Waals surface area (Å²) >= 11 is 0. The second kappa shape index (κ2) is 5.27. The molecule has 2 rings (SSSR count). The molecule has 0 aliphatic carbocycles. The molecule has 0 fully saturated rings. The Morgan fingerprint density at radius 2 is 1.63 bits per heavy atom. The summed E-state index contributed by atoms with van der Waals surface area (Å²) < 4.78 is 52.6. The minimum Gasteiger partial charge on any atom is -0.207 e. The zero-order valence-corrected chi connectivity index (χ0v) is 10.4. The van der Waals surface area contributed by atoms with Gasteiger partial charge in [0.1, 0.15) is 11.6 Å². The van der Waals surface area contributed by atoms with Gasteiger partial charge in [0.15, 0.2) is 0 Å². The fourth-order valence-corrected chi connectivity index (χ4v) is 2.25. The molecule has 0 spiro atoms. The summed E-state index contributed by atoms with van der Waals surface area (Å²) in [6, 6.07) is 9.67. The van der Waals surface area contributed by atoms with Crippen LogP contribution in [0.25, 0.3) is 0 Å². The molecule has 0 saturated carbocycles. The van der Waals surface area contributed by atoms with Gasteiger partial charge >= 0.3 is 0 Å². The standard InChI is InChI=1S/C13H9F2NO2S/c14-11-4-6-13(7-5-11)19(17,18)16-9-10-2-1-3-12(15)8-10/h1-9H. The van der Waals surface area contributed by atoms with Crippen molar-refractivity contribution >= 4 is 16.2 Å². The van der Waals surface area contributed by atoms with E-state index in [9.17, 15) is 17.2 Å². The molecule has 2 aromatic rings. The van der Waals surface area contributed by atoms with Crippen LogP contribution in [0.1, 0.15) is 5.56 Å². The van der Waals surface area contributed by atoms with Gasteiger partial charge in [-0.3, -0.25) is 0 Å². The Labute approximate surface area is 109 Å². The molecule has 0 atom stereocenters. The average Bonchev–Trinajstić information content (AvgIpc) is 2.37. The Morgan fingerprint density at radius 1 is 0.947 bits per heavy atom. The molecule has 0 aliphatic rings. The molecule has 0 radical (unpaired) electrons. The lowest BCUT2D eigenvalue weighted by Gasteiger charge is -1.98. The van der Waals surface area contributed by atoms with E-state index in [-0.39, 0.29) is 4.90 Å². The van der Waals surface area contributed by atoms with Gasteiger partial charge in [0, 0.05) is 6.21 Å². The maximum absolute atomic E-state index is 12.9. The molecule has 0 unspecified atom stereocenters. The van der Waals surface area contributed by atoms with Crippen LogP contribution in [-0.2, 0) is 10.0 Å². The van der Waals surface area contributed by atoms with E-state index < -0.39 is 21.7 Å². The van der Waals surface area contributed by atoms with Crippen LogP contribution in [-0.4, -0.2) is 14.6 Å². The Morgan fingerprint density at radius 3 is 2.26 bits per heavy atom.